The van der Waals surface area contributed by atoms with Gasteiger partial charge in [0.05, 0.1) is 0 Å². The van der Waals surface area contributed by atoms with Gasteiger partial charge in [-0.3, -0.25) is 0 Å². The van der Waals surface area contributed by atoms with Gasteiger partial charge in [0, 0.05) is 0 Å². The summed E-state index contributed by atoms with van der Waals surface area (Å²) in [5.74, 6) is 0.750. The van der Waals surface area contributed by atoms with Gasteiger partial charge in [0.25, 0.3) is 0 Å². The third-order valence-corrected chi connectivity index (χ3v) is 3.71. The molecule has 0 nitrogen and oxygen atoms in total. The molecule has 0 spiro atoms. The van der Waals surface area contributed by atoms with Crippen LogP contribution in [0.5, 0.6) is 0 Å². The van der Waals surface area contributed by atoms with E-state index in [4.69, 9.17) is 0 Å². The van der Waals surface area contributed by atoms with Crippen LogP contribution in [0.1, 0.15) is 40.5 Å². The van der Waals surface area contributed by atoms with Gasteiger partial charge in [0.2, 0.25) is 0 Å². The van der Waals surface area contributed by atoms with Crippen molar-refractivity contribution >= 4 is 0 Å². The molecule has 1 aliphatic carbocycles. The highest BCUT2D eigenvalue weighted by Gasteiger charge is 2.44. The standard InChI is InChI=1S/C11H20/c1-6-9-7-10(2,3)11(4,5)8-9/h6,9H,1,7-8H2,2-5H3. The summed E-state index contributed by atoms with van der Waals surface area (Å²) >= 11 is 0. The van der Waals surface area contributed by atoms with Gasteiger partial charge < -0.3 is 0 Å². The maximum absolute atomic E-state index is 3.87. The van der Waals surface area contributed by atoms with Crippen LogP contribution in [0.2, 0.25) is 0 Å². The van der Waals surface area contributed by atoms with E-state index in [1.165, 1.54) is 12.8 Å². The van der Waals surface area contributed by atoms with Gasteiger partial charge >= 0.3 is 0 Å². The van der Waals surface area contributed by atoms with Crippen LogP contribution in [0.4, 0.5) is 0 Å². The third kappa shape index (κ3) is 1.36. The molecular formula is C11H20. The molecule has 0 unspecified atom stereocenters. The zero-order valence-corrected chi connectivity index (χ0v) is 8.28. The van der Waals surface area contributed by atoms with Gasteiger partial charge in [-0.15, -0.1) is 6.58 Å². The van der Waals surface area contributed by atoms with Crippen LogP contribution in [-0.4, -0.2) is 0 Å². The molecule has 0 heteroatoms. The van der Waals surface area contributed by atoms with Gasteiger partial charge in [0.1, 0.15) is 0 Å². The molecule has 0 aromatic heterocycles. The first-order valence-corrected chi connectivity index (χ1v) is 4.52. The average Bonchev–Trinajstić information content (AvgIpc) is 2.03. The molecule has 0 atom stereocenters. The van der Waals surface area contributed by atoms with Crippen LogP contribution in [-0.2, 0) is 0 Å². The minimum absolute atomic E-state index is 0.492. The van der Waals surface area contributed by atoms with E-state index >= 15 is 0 Å². The topological polar surface area (TPSA) is 0 Å². The molecule has 1 aliphatic rings. The predicted molar refractivity (Wildman–Crippen MR) is 50.5 cm³/mol. The Morgan fingerprint density at radius 1 is 1.09 bits per heavy atom. The number of hydrogen-bond acceptors (Lipinski definition) is 0. The fourth-order valence-corrected chi connectivity index (χ4v) is 2.10. The zero-order valence-electron chi connectivity index (χ0n) is 8.28. The Morgan fingerprint density at radius 2 is 1.45 bits per heavy atom. The monoisotopic (exact) mass is 152 g/mol. The second-order valence-corrected chi connectivity index (χ2v) is 5.17. The quantitative estimate of drug-likeness (QED) is 0.503. The Balaban J connectivity index is 2.79. The summed E-state index contributed by atoms with van der Waals surface area (Å²) in [7, 11) is 0. The normalized spacial score (nSPS) is 28.7. The predicted octanol–water partition coefficient (Wildman–Crippen LogP) is 3.63. The summed E-state index contributed by atoms with van der Waals surface area (Å²) in [4.78, 5) is 0. The van der Waals surface area contributed by atoms with Gasteiger partial charge in [-0.2, -0.15) is 0 Å². The summed E-state index contributed by atoms with van der Waals surface area (Å²) in [5.41, 5.74) is 0.984. The summed E-state index contributed by atoms with van der Waals surface area (Å²) in [5, 5.41) is 0. The van der Waals surface area contributed by atoms with E-state index in [0.717, 1.165) is 5.92 Å². The summed E-state index contributed by atoms with van der Waals surface area (Å²) < 4.78 is 0. The fourth-order valence-electron chi connectivity index (χ4n) is 2.10. The molecule has 0 bridgehead atoms. The molecule has 0 aromatic carbocycles. The van der Waals surface area contributed by atoms with Crippen LogP contribution in [0.25, 0.3) is 0 Å². The first-order valence-electron chi connectivity index (χ1n) is 4.52. The van der Waals surface area contributed by atoms with E-state index in [0.29, 0.717) is 10.8 Å². The molecule has 1 rings (SSSR count). The van der Waals surface area contributed by atoms with Crippen molar-refractivity contribution in [2.24, 2.45) is 16.7 Å². The van der Waals surface area contributed by atoms with Gasteiger partial charge in [-0.1, -0.05) is 33.8 Å². The van der Waals surface area contributed by atoms with Crippen molar-refractivity contribution in [3.8, 4) is 0 Å². The summed E-state index contributed by atoms with van der Waals surface area (Å²) in [6.45, 7) is 13.4. The van der Waals surface area contributed by atoms with Crippen molar-refractivity contribution in [1.29, 1.82) is 0 Å². The molecule has 0 amide bonds. The van der Waals surface area contributed by atoms with E-state index < -0.39 is 0 Å². The van der Waals surface area contributed by atoms with Crippen molar-refractivity contribution in [3.05, 3.63) is 12.7 Å². The van der Waals surface area contributed by atoms with Crippen LogP contribution in [0.15, 0.2) is 12.7 Å². The zero-order chi connectivity index (χ0) is 8.70. The lowest BCUT2D eigenvalue weighted by Crippen LogP contribution is -2.25. The molecule has 0 aliphatic heterocycles. The summed E-state index contributed by atoms with van der Waals surface area (Å²) in [6, 6.07) is 0. The van der Waals surface area contributed by atoms with E-state index in [2.05, 4.69) is 40.3 Å². The highest BCUT2D eigenvalue weighted by atomic mass is 14.5. The number of allylic oxidation sites excluding steroid dienone is 1. The highest BCUT2D eigenvalue weighted by Crippen LogP contribution is 2.54. The largest absolute Gasteiger partial charge is 0.103 e. The maximum Gasteiger partial charge on any atom is -0.0226 e. The molecule has 64 valence electrons. The van der Waals surface area contributed by atoms with Gasteiger partial charge in [-0.05, 0) is 29.6 Å². The molecule has 11 heavy (non-hydrogen) atoms. The van der Waals surface area contributed by atoms with Crippen molar-refractivity contribution in [2.45, 2.75) is 40.5 Å². The Hall–Kier alpha value is -0.260. The van der Waals surface area contributed by atoms with Crippen molar-refractivity contribution < 1.29 is 0 Å². The molecule has 0 N–H and O–H groups in total. The van der Waals surface area contributed by atoms with E-state index in [9.17, 15) is 0 Å². The van der Waals surface area contributed by atoms with Crippen molar-refractivity contribution in [3.63, 3.8) is 0 Å². The van der Waals surface area contributed by atoms with Gasteiger partial charge in [0.15, 0.2) is 0 Å². The van der Waals surface area contributed by atoms with Crippen LogP contribution in [0.3, 0.4) is 0 Å². The first-order chi connectivity index (χ1) is 4.89. The SMILES string of the molecule is C=CC1CC(C)(C)C(C)(C)C1. The minimum Gasteiger partial charge on any atom is -0.103 e. The van der Waals surface area contributed by atoms with Crippen LogP contribution < -0.4 is 0 Å². The molecule has 0 aromatic rings. The molecular weight excluding hydrogens is 132 g/mol. The lowest BCUT2D eigenvalue weighted by atomic mass is 9.71. The minimum atomic E-state index is 0.492. The Kier molecular flexibility index (Phi) is 1.90. The van der Waals surface area contributed by atoms with Crippen molar-refractivity contribution in [1.82, 2.24) is 0 Å². The molecule has 1 fully saturated rings. The van der Waals surface area contributed by atoms with Crippen molar-refractivity contribution in [2.75, 3.05) is 0 Å². The molecule has 0 saturated heterocycles. The second-order valence-electron chi connectivity index (χ2n) is 5.17. The Morgan fingerprint density at radius 3 is 1.64 bits per heavy atom. The van der Waals surface area contributed by atoms with Crippen LogP contribution >= 0.6 is 0 Å². The Labute approximate surface area is 70.7 Å². The smallest absolute Gasteiger partial charge is 0.0226 e. The lowest BCUT2D eigenvalue weighted by molar-refractivity contribution is 0.157. The molecule has 0 radical (unpaired) electrons. The van der Waals surface area contributed by atoms with Gasteiger partial charge in [-0.25, -0.2) is 0 Å². The molecule has 0 heterocycles. The van der Waals surface area contributed by atoms with E-state index in [1.807, 2.05) is 0 Å². The highest BCUT2D eigenvalue weighted by molar-refractivity contribution is 5.00. The van der Waals surface area contributed by atoms with E-state index in [1.54, 1.807) is 0 Å². The third-order valence-electron chi connectivity index (χ3n) is 3.71. The fraction of sp³-hybridized carbons (Fsp3) is 0.818. The van der Waals surface area contributed by atoms with Crippen LogP contribution in [0, 0.1) is 16.7 Å². The lowest BCUT2D eigenvalue weighted by Gasteiger charge is -2.34. The molecule has 1 saturated carbocycles. The van der Waals surface area contributed by atoms with E-state index in [-0.39, 0.29) is 0 Å². The second kappa shape index (κ2) is 2.36. The average molecular weight is 152 g/mol. The Bertz CT molecular complexity index is 147. The number of rotatable bonds is 1. The summed E-state index contributed by atoms with van der Waals surface area (Å²) in [6.07, 6.45) is 4.74. The number of hydrogen-bond donors (Lipinski definition) is 0. The maximum atomic E-state index is 3.87. The first kappa shape index (κ1) is 8.83.